The van der Waals surface area contributed by atoms with E-state index in [1.807, 2.05) is 25.1 Å². The Kier molecular flexibility index (Phi) is 3.57. The molecule has 2 aliphatic rings. The SMILES string of the molecule is CCOC(=O)C1C2NC(=S)N[C@@]1(C)Oc1ccc(Br)cc12. The molecule has 0 aromatic heterocycles. The van der Waals surface area contributed by atoms with Crippen molar-refractivity contribution in [1.82, 2.24) is 10.6 Å². The third-order valence-electron chi connectivity index (χ3n) is 3.74. The second kappa shape index (κ2) is 5.14. The average Bonchev–Trinajstić information content (AvgIpc) is 2.38. The van der Waals surface area contributed by atoms with Crippen molar-refractivity contribution in [3.05, 3.63) is 28.2 Å². The molecule has 0 radical (unpaired) electrons. The van der Waals surface area contributed by atoms with Crippen molar-refractivity contribution in [3.63, 3.8) is 0 Å². The Morgan fingerprint density at radius 2 is 2.33 bits per heavy atom. The van der Waals surface area contributed by atoms with Gasteiger partial charge in [0.05, 0.1) is 12.6 Å². The van der Waals surface area contributed by atoms with E-state index in [2.05, 4.69) is 26.6 Å². The molecule has 0 saturated carbocycles. The zero-order valence-electron chi connectivity index (χ0n) is 11.6. The van der Waals surface area contributed by atoms with Gasteiger partial charge in [0.2, 0.25) is 0 Å². The molecule has 1 fully saturated rings. The highest BCUT2D eigenvalue weighted by Crippen LogP contribution is 2.45. The highest BCUT2D eigenvalue weighted by atomic mass is 79.9. The van der Waals surface area contributed by atoms with E-state index in [-0.39, 0.29) is 12.0 Å². The van der Waals surface area contributed by atoms with Crippen molar-refractivity contribution >= 4 is 39.2 Å². The van der Waals surface area contributed by atoms with E-state index >= 15 is 0 Å². The lowest BCUT2D eigenvalue weighted by molar-refractivity contribution is -0.162. The summed E-state index contributed by atoms with van der Waals surface area (Å²) in [6.45, 7) is 3.93. The Morgan fingerprint density at radius 3 is 3.05 bits per heavy atom. The van der Waals surface area contributed by atoms with Gasteiger partial charge in [0.1, 0.15) is 11.7 Å². The molecule has 0 amide bonds. The summed E-state index contributed by atoms with van der Waals surface area (Å²) in [5.74, 6) is -0.0992. The van der Waals surface area contributed by atoms with Crippen LogP contribution >= 0.6 is 28.1 Å². The first-order valence-corrected chi connectivity index (χ1v) is 7.88. The number of carbonyl (C=O) groups excluding carboxylic acids is 1. The topological polar surface area (TPSA) is 59.6 Å². The van der Waals surface area contributed by atoms with Gasteiger partial charge in [0.15, 0.2) is 10.8 Å². The minimum atomic E-state index is -0.917. The van der Waals surface area contributed by atoms with E-state index in [0.29, 0.717) is 11.7 Å². The van der Waals surface area contributed by atoms with Gasteiger partial charge in [-0.25, -0.2) is 0 Å². The highest BCUT2D eigenvalue weighted by Gasteiger charge is 2.55. The molecule has 21 heavy (non-hydrogen) atoms. The largest absolute Gasteiger partial charge is 0.467 e. The number of carbonyl (C=O) groups is 1. The van der Waals surface area contributed by atoms with Crippen LogP contribution in [0.15, 0.2) is 22.7 Å². The summed E-state index contributed by atoms with van der Waals surface area (Å²) in [6, 6.07) is 5.45. The number of esters is 1. The Balaban J connectivity index is 2.10. The van der Waals surface area contributed by atoms with E-state index in [9.17, 15) is 4.79 Å². The molecule has 0 aliphatic carbocycles. The maximum Gasteiger partial charge on any atom is 0.317 e. The van der Waals surface area contributed by atoms with Crippen LogP contribution in [0.4, 0.5) is 0 Å². The molecule has 3 rings (SSSR count). The number of hydrogen-bond acceptors (Lipinski definition) is 4. The molecule has 2 heterocycles. The summed E-state index contributed by atoms with van der Waals surface area (Å²) in [4.78, 5) is 12.4. The summed E-state index contributed by atoms with van der Waals surface area (Å²) in [6.07, 6.45) is 0. The average molecular weight is 371 g/mol. The van der Waals surface area contributed by atoms with Gasteiger partial charge in [-0.05, 0) is 44.3 Å². The fourth-order valence-corrected chi connectivity index (χ4v) is 3.61. The van der Waals surface area contributed by atoms with E-state index in [1.165, 1.54) is 0 Å². The van der Waals surface area contributed by atoms with Crippen LogP contribution in [-0.2, 0) is 9.53 Å². The second-order valence-corrected chi connectivity index (χ2v) is 6.52. The quantitative estimate of drug-likeness (QED) is 0.615. The molecule has 2 aliphatic heterocycles. The van der Waals surface area contributed by atoms with Crippen molar-refractivity contribution < 1.29 is 14.3 Å². The molecular weight excluding hydrogens is 356 g/mol. The molecule has 7 heteroatoms. The fourth-order valence-electron chi connectivity index (χ4n) is 2.90. The van der Waals surface area contributed by atoms with Gasteiger partial charge < -0.3 is 20.1 Å². The van der Waals surface area contributed by atoms with Crippen molar-refractivity contribution in [2.24, 2.45) is 5.92 Å². The van der Waals surface area contributed by atoms with Gasteiger partial charge in [-0.1, -0.05) is 15.9 Å². The Bertz CT molecular complexity index is 624. The monoisotopic (exact) mass is 370 g/mol. The number of nitrogens with one attached hydrogen (secondary N) is 2. The first-order valence-electron chi connectivity index (χ1n) is 6.68. The van der Waals surface area contributed by atoms with Gasteiger partial charge in [-0.2, -0.15) is 0 Å². The van der Waals surface area contributed by atoms with Gasteiger partial charge in [0, 0.05) is 10.0 Å². The van der Waals surface area contributed by atoms with Crippen LogP contribution in [0.5, 0.6) is 5.75 Å². The molecule has 112 valence electrons. The van der Waals surface area contributed by atoms with Crippen molar-refractivity contribution in [2.45, 2.75) is 25.6 Å². The third-order valence-corrected chi connectivity index (χ3v) is 4.46. The molecule has 1 aromatic carbocycles. The van der Waals surface area contributed by atoms with Crippen molar-refractivity contribution in [3.8, 4) is 5.75 Å². The smallest absolute Gasteiger partial charge is 0.317 e. The molecule has 0 spiro atoms. The summed E-state index contributed by atoms with van der Waals surface area (Å²) in [5, 5.41) is 6.69. The lowest BCUT2D eigenvalue weighted by Crippen LogP contribution is -2.70. The number of rotatable bonds is 2. The van der Waals surface area contributed by atoms with Crippen LogP contribution in [0.25, 0.3) is 0 Å². The first-order chi connectivity index (χ1) is 9.94. The predicted molar refractivity (Wildman–Crippen MR) is 84.9 cm³/mol. The molecule has 2 unspecified atom stereocenters. The Morgan fingerprint density at radius 1 is 1.57 bits per heavy atom. The third kappa shape index (κ3) is 2.38. The highest BCUT2D eigenvalue weighted by molar-refractivity contribution is 9.10. The minimum Gasteiger partial charge on any atom is -0.467 e. The predicted octanol–water partition coefficient (Wildman–Crippen LogP) is 2.26. The van der Waals surface area contributed by atoms with Crippen LogP contribution < -0.4 is 15.4 Å². The van der Waals surface area contributed by atoms with Crippen LogP contribution in [0.1, 0.15) is 25.5 Å². The first kappa shape index (κ1) is 14.6. The van der Waals surface area contributed by atoms with Gasteiger partial charge in [-0.3, -0.25) is 4.79 Å². The number of hydrogen-bond donors (Lipinski definition) is 2. The molecule has 5 nitrogen and oxygen atoms in total. The van der Waals surface area contributed by atoms with Crippen molar-refractivity contribution in [1.29, 1.82) is 0 Å². The lowest BCUT2D eigenvalue weighted by Gasteiger charge is -2.50. The molecule has 1 saturated heterocycles. The standard InChI is InChI=1S/C14H15BrN2O3S/c1-3-19-12(18)10-11-8-6-7(15)4-5-9(8)20-14(10,2)17-13(21)16-11/h4-6,10-11H,3H2,1-2H3,(H2,16,17,21)/t10?,11?,14-/m0/s1. The second-order valence-electron chi connectivity index (χ2n) is 5.20. The number of benzene rings is 1. The van der Waals surface area contributed by atoms with Crippen molar-refractivity contribution in [2.75, 3.05) is 6.61 Å². The summed E-state index contributed by atoms with van der Waals surface area (Å²) in [5.41, 5.74) is -0.0242. The van der Waals surface area contributed by atoms with E-state index in [1.54, 1.807) is 6.92 Å². The number of halogens is 1. The molecule has 3 atom stereocenters. The summed E-state index contributed by atoms with van der Waals surface area (Å²) in [7, 11) is 0. The van der Waals surface area contributed by atoms with Gasteiger partial charge in [-0.15, -0.1) is 0 Å². The fraction of sp³-hybridized carbons (Fsp3) is 0.429. The maximum atomic E-state index is 12.4. The molecule has 2 bridgehead atoms. The van der Waals surface area contributed by atoms with Crippen LogP contribution in [0.3, 0.4) is 0 Å². The zero-order chi connectivity index (χ0) is 15.2. The van der Waals surface area contributed by atoms with Crippen LogP contribution in [-0.4, -0.2) is 23.4 Å². The minimum absolute atomic E-state index is 0.274. The normalized spacial score (nSPS) is 29.6. The number of thiocarbonyl (C=S) groups is 1. The maximum absolute atomic E-state index is 12.4. The lowest BCUT2D eigenvalue weighted by atomic mass is 9.80. The van der Waals surface area contributed by atoms with E-state index in [4.69, 9.17) is 21.7 Å². The number of ether oxygens (including phenoxy) is 2. The van der Waals surface area contributed by atoms with Gasteiger partial charge >= 0.3 is 5.97 Å². The van der Waals surface area contributed by atoms with E-state index in [0.717, 1.165) is 15.8 Å². The summed E-state index contributed by atoms with van der Waals surface area (Å²) < 4.78 is 12.2. The molecule has 2 N–H and O–H groups in total. The van der Waals surface area contributed by atoms with Crippen LogP contribution in [0, 0.1) is 5.92 Å². The number of fused-ring (bicyclic) bond motifs is 4. The molecule has 1 aromatic rings. The zero-order valence-corrected chi connectivity index (χ0v) is 14.0. The van der Waals surface area contributed by atoms with Gasteiger partial charge in [0.25, 0.3) is 0 Å². The summed E-state index contributed by atoms with van der Waals surface area (Å²) >= 11 is 8.68. The Labute approximate surface area is 136 Å². The Hall–Kier alpha value is -1.34. The van der Waals surface area contributed by atoms with E-state index < -0.39 is 11.6 Å². The van der Waals surface area contributed by atoms with Crippen LogP contribution in [0.2, 0.25) is 0 Å². The molecular formula is C14H15BrN2O3S.